The highest BCUT2D eigenvalue weighted by Crippen LogP contribution is 2.25. The first kappa shape index (κ1) is 13.0. The van der Waals surface area contributed by atoms with E-state index in [0.717, 1.165) is 0 Å². The molecular formula is C13H9ClN2O3. The molecule has 0 bridgehead atoms. The molecule has 6 heteroatoms. The fraction of sp³-hybridized carbons (Fsp3) is 0. The summed E-state index contributed by atoms with van der Waals surface area (Å²) >= 11 is 5.93. The molecule has 0 radical (unpaired) electrons. The van der Waals surface area contributed by atoms with E-state index in [1.165, 1.54) is 24.4 Å². The van der Waals surface area contributed by atoms with Crippen molar-refractivity contribution in [3.8, 4) is 5.75 Å². The first-order chi connectivity index (χ1) is 9.08. The molecule has 2 aromatic carbocycles. The van der Waals surface area contributed by atoms with Crippen LogP contribution in [0.15, 0.2) is 47.5 Å². The number of hydrogen-bond donors (Lipinski definition) is 1. The molecule has 0 atom stereocenters. The zero-order valence-electron chi connectivity index (χ0n) is 9.65. The van der Waals surface area contributed by atoms with Gasteiger partial charge in [-0.15, -0.1) is 0 Å². The summed E-state index contributed by atoms with van der Waals surface area (Å²) < 4.78 is 0. The minimum Gasteiger partial charge on any atom is -0.507 e. The summed E-state index contributed by atoms with van der Waals surface area (Å²) in [7, 11) is 0. The molecule has 0 spiro atoms. The minimum absolute atomic E-state index is 0.0820. The summed E-state index contributed by atoms with van der Waals surface area (Å²) in [4.78, 5) is 14.2. The predicted molar refractivity (Wildman–Crippen MR) is 73.5 cm³/mol. The predicted octanol–water partition coefficient (Wildman–Crippen LogP) is 3.70. The second kappa shape index (κ2) is 5.49. The van der Waals surface area contributed by atoms with Crippen molar-refractivity contribution in [2.24, 2.45) is 4.99 Å². The van der Waals surface area contributed by atoms with Crippen molar-refractivity contribution in [1.29, 1.82) is 0 Å². The zero-order chi connectivity index (χ0) is 13.8. The number of nitrogens with zero attached hydrogens (tertiary/aromatic N) is 2. The van der Waals surface area contributed by atoms with Crippen molar-refractivity contribution in [3.63, 3.8) is 0 Å². The van der Waals surface area contributed by atoms with Gasteiger partial charge >= 0.3 is 0 Å². The van der Waals surface area contributed by atoms with Crippen molar-refractivity contribution in [3.05, 3.63) is 63.2 Å². The first-order valence-electron chi connectivity index (χ1n) is 5.34. The maximum atomic E-state index is 10.7. The van der Waals surface area contributed by atoms with E-state index < -0.39 is 4.92 Å². The van der Waals surface area contributed by atoms with Crippen LogP contribution in [0.1, 0.15) is 5.56 Å². The third-order valence-corrected chi connectivity index (χ3v) is 2.74. The number of nitro groups is 1. The van der Waals surface area contributed by atoms with Crippen molar-refractivity contribution in [2.45, 2.75) is 0 Å². The van der Waals surface area contributed by atoms with E-state index in [0.29, 0.717) is 10.7 Å². The van der Waals surface area contributed by atoms with Crippen LogP contribution in [0.4, 0.5) is 11.4 Å². The van der Waals surface area contributed by atoms with Gasteiger partial charge in [-0.05, 0) is 18.2 Å². The number of halogens is 1. The standard InChI is InChI=1S/C13H9ClN2O3/c14-11-3-1-2-4-12(11)15-8-9-7-10(16(18)19)5-6-13(9)17/h1-8,17H/b15-8+. The lowest BCUT2D eigenvalue weighted by molar-refractivity contribution is -0.384. The number of phenols is 1. The van der Waals surface area contributed by atoms with Gasteiger partial charge in [-0.1, -0.05) is 23.7 Å². The third-order valence-electron chi connectivity index (χ3n) is 2.42. The number of non-ortho nitro benzene ring substituents is 1. The van der Waals surface area contributed by atoms with Crippen LogP contribution in [0.25, 0.3) is 0 Å². The monoisotopic (exact) mass is 276 g/mol. The Morgan fingerprint density at radius 2 is 2.00 bits per heavy atom. The average molecular weight is 277 g/mol. The maximum absolute atomic E-state index is 10.7. The molecule has 0 aliphatic rings. The minimum atomic E-state index is -0.535. The molecule has 96 valence electrons. The third kappa shape index (κ3) is 3.08. The van der Waals surface area contributed by atoms with E-state index in [4.69, 9.17) is 11.6 Å². The molecule has 0 aliphatic heterocycles. The molecule has 0 fully saturated rings. The van der Waals surface area contributed by atoms with Gasteiger partial charge in [-0.2, -0.15) is 0 Å². The summed E-state index contributed by atoms with van der Waals surface area (Å²) in [5.41, 5.74) is 0.669. The van der Waals surface area contributed by atoms with E-state index in [9.17, 15) is 15.2 Å². The normalized spacial score (nSPS) is 10.8. The topological polar surface area (TPSA) is 75.7 Å². The molecule has 0 heterocycles. The van der Waals surface area contributed by atoms with Gasteiger partial charge in [0.15, 0.2) is 0 Å². The number of rotatable bonds is 3. The number of benzene rings is 2. The van der Waals surface area contributed by atoms with E-state index >= 15 is 0 Å². The van der Waals surface area contributed by atoms with Gasteiger partial charge in [0.25, 0.3) is 5.69 Å². The fourth-order valence-electron chi connectivity index (χ4n) is 1.45. The molecular weight excluding hydrogens is 268 g/mol. The van der Waals surface area contributed by atoms with Crippen LogP contribution in [-0.2, 0) is 0 Å². The highest BCUT2D eigenvalue weighted by Gasteiger charge is 2.08. The van der Waals surface area contributed by atoms with Gasteiger partial charge in [0, 0.05) is 23.9 Å². The summed E-state index contributed by atoms with van der Waals surface area (Å²) in [5.74, 6) is -0.0820. The van der Waals surface area contributed by atoms with Crippen LogP contribution < -0.4 is 0 Å². The number of hydrogen-bond acceptors (Lipinski definition) is 4. The number of aliphatic imine (C=N–C) groups is 1. The van der Waals surface area contributed by atoms with E-state index in [-0.39, 0.29) is 17.0 Å². The summed E-state index contributed by atoms with van der Waals surface area (Å²) in [6, 6.07) is 10.6. The van der Waals surface area contributed by atoms with Crippen LogP contribution >= 0.6 is 11.6 Å². The molecule has 0 aliphatic carbocycles. The number of phenolic OH excluding ortho intramolecular Hbond substituents is 1. The lowest BCUT2D eigenvalue weighted by Crippen LogP contribution is -1.90. The average Bonchev–Trinajstić information content (AvgIpc) is 2.39. The molecule has 2 aromatic rings. The quantitative estimate of drug-likeness (QED) is 0.527. The Morgan fingerprint density at radius 3 is 2.68 bits per heavy atom. The zero-order valence-corrected chi connectivity index (χ0v) is 10.4. The van der Waals surface area contributed by atoms with Gasteiger partial charge in [-0.25, -0.2) is 0 Å². The summed E-state index contributed by atoms with van der Waals surface area (Å²) in [5, 5.41) is 20.7. The Labute approximate surface area is 113 Å². The highest BCUT2D eigenvalue weighted by atomic mass is 35.5. The lowest BCUT2D eigenvalue weighted by atomic mass is 10.2. The Bertz CT molecular complexity index is 656. The Balaban J connectivity index is 2.35. The van der Waals surface area contributed by atoms with Crippen molar-refractivity contribution in [1.82, 2.24) is 0 Å². The molecule has 1 N–H and O–H groups in total. The molecule has 0 unspecified atom stereocenters. The highest BCUT2D eigenvalue weighted by molar-refractivity contribution is 6.33. The largest absolute Gasteiger partial charge is 0.507 e. The summed E-state index contributed by atoms with van der Waals surface area (Å²) in [6.07, 6.45) is 1.34. The Hall–Kier alpha value is -2.40. The number of aromatic hydroxyl groups is 1. The van der Waals surface area contributed by atoms with Crippen LogP contribution in [-0.4, -0.2) is 16.2 Å². The Kier molecular flexibility index (Phi) is 3.77. The molecule has 0 amide bonds. The van der Waals surface area contributed by atoms with E-state index in [1.807, 2.05) is 0 Å². The van der Waals surface area contributed by atoms with Gasteiger partial charge in [0.1, 0.15) is 5.75 Å². The van der Waals surface area contributed by atoms with Gasteiger partial charge in [0.05, 0.1) is 15.6 Å². The molecule has 5 nitrogen and oxygen atoms in total. The smallest absolute Gasteiger partial charge is 0.270 e. The van der Waals surface area contributed by atoms with Crippen LogP contribution in [0.2, 0.25) is 5.02 Å². The van der Waals surface area contributed by atoms with Crippen molar-refractivity contribution in [2.75, 3.05) is 0 Å². The molecule has 2 rings (SSSR count). The first-order valence-corrected chi connectivity index (χ1v) is 5.72. The van der Waals surface area contributed by atoms with Gasteiger partial charge < -0.3 is 5.11 Å². The lowest BCUT2D eigenvalue weighted by Gasteiger charge is -1.99. The second-order valence-corrected chi connectivity index (χ2v) is 4.12. The molecule has 0 aromatic heterocycles. The molecule has 19 heavy (non-hydrogen) atoms. The molecule has 0 saturated heterocycles. The SMILES string of the molecule is O=[N+]([O-])c1ccc(O)c(/C=N/c2ccccc2Cl)c1. The van der Waals surface area contributed by atoms with Gasteiger partial charge in [-0.3, -0.25) is 15.1 Å². The number of para-hydroxylation sites is 1. The molecule has 0 saturated carbocycles. The fourth-order valence-corrected chi connectivity index (χ4v) is 1.64. The van der Waals surface area contributed by atoms with Crippen LogP contribution in [0, 0.1) is 10.1 Å². The van der Waals surface area contributed by atoms with E-state index in [2.05, 4.69) is 4.99 Å². The second-order valence-electron chi connectivity index (χ2n) is 3.71. The summed E-state index contributed by atoms with van der Waals surface area (Å²) in [6.45, 7) is 0. The van der Waals surface area contributed by atoms with Crippen LogP contribution in [0.5, 0.6) is 5.75 Å². The van der Waals surface area contributed by atoms with E-state index in [1.54, 1.807) is 24.3 Å². The van der Waals surface area contributed by atoms with Crippen LogP contribution in [0.3, 0.4) is 0 Å². The maximum Gasteiger partial charge on any atom is 0.270 e. The Morgan fingerprint density at radius 1 is 1.26 bits per heavy atom. The van der Waals surface area contributed by atoms with Crippen molar-refractivity contribution >= 4 is 29.2 Å². The number of nitro benzene ring substituents is 1. The van der Waals surface area contributed by atoms with Gasteiger partial charge in [0.2, 0.25) is 0 Å². The van der Waals surface area contributed by atoms with Crippen molar-refractivity contribution < 1.29 is 10.0 Å².